The lowest BCUT2D eigenvalue weighted by molar-refractivity contribution is -0.146. The van der Waals surface area contributed by atoms with E-state index in [1.807, 2.05) is 0 Å². The predicted molar refractivity (Wildman–Crippen MR) is 59.7 cm³/mol. The Morgan fingerprint density at radius 1 is 1.41 bits per heavy atom. The molecular formula is C11H19NO5. The summed E-state index contributed by atoms with van der Waals surface area (Å²) in [4.78, 5) is 22.5. The average molecular weight is 245 g/mol. The molecule has 17 heavy (non-hydrogen) atoms. The number of carboxylic acids is 1. The molecule has 1 amide bonds. The monoisotopic (exact) mass is 245 g/mol. The van der Waals surface area contributed by atoms with Crippen molar-refractivity contribution < 1.29 is 24.2 Å². The summed E-state index contributed by atoms with van der Waals surface area (Å²) in [6, 6.07) is -0.531. The average Bonchev–Trinajstić information content (AvgIpc) is 2.14. The topological polar surface area (TPSA) is 84.9 Å². The van der Waals surface area contributed by atoms with Crippen LogP contribution in [0.2, 0.25) is 0 Å². The van der Waals surface area contributed by atoms with Gasteiger partial charge in [-0.3, -0.25) is 4.79 Å². The molecule has 0 saturated carbocycles. The maximum atomic E-state index is 11.5. The van der Waals surface area contributed by atoms with Gasteiger partial charge in [-0.05, 0) is 27.2 Å². The summed E-state index contributed by atoms with van der Waals surface area (Å²) >= 11 is 0. The zero-order valence-electron chi connectivity index (χ0n) is 10.4. The number of hydrogen-bond donors (Lipinski definition) is 2. The molecule has 2 atom stereocenters. The van der Waals surface area contributed by atoms with Gasteiger partial charge in [0, 0.05) is 6.61 Å². The second-order valence-electron chi connectivity index (χ2n) is 5.06. The van der Waals surface area contributed by atoms with Gasteiger partial charge in [0.05, 0.1) is 18.6 Å². The number of nitrogens with one attached hydrogen (secondary N) is 1. The van der Waals surface area contributed by atoms with E-state index in [4.69, 9.17) is 14.6 Å². The molecule has 1 aliphatic heterocycles. The Morgan fingerprint density at radius 2 is 2.06 bits per heavy atom. The van der Waals surface area contributed by atoms with Crippen molar-refractivity contribution in [2.45, 2.75) is 38.8 Å². The molecule has 6 nitrogen and oxygen atoms in total. The third kappa shape index (κ3) is 4.60. The number of hydrogen-bond acceptors (Lipinski definition) is 4. The zero-order chi connectivity index (χ0) is 13.1. The Hall–Kier alpha value is -1.30. The van der Waals surface area contributed by atoms with Crippen LogP contribution in [0.1, 0.15) is 27.2 Å². The highest BCUT2D eigenvalue weighted by molar-refractivity contribution is 5.73. The Morgan fingerprint density at radius 3 is 2.59 bits per heavy atom. The van der Waals surface area contributed by atoms with E-state index in [-0.39, 0.29) is 6.61 Å². The molecule has 1 fully saturated rings. The minimum atomic E-state index is -0.922. The van der Waals surface area contributed by atoms with Gasteiger partial charge in [0.25, 0.3) is 0 Å². The Labute approximate surface area is 100 Å². The number of aliphatic carboxylic acids is 1. The van der Waals surface area contributed by atoms with Crippen LogP contribution in [0.5, 0.6) is 0 Å². The van der Waals surface area contributed by atoms with Crippen LogP contribution in [0.25, 0.3) is 0 Å². The molecule has 0 radical (unpaired) electrons. The summed E-state index contributed by atoms with van der Waals surface area (Å²) < 4.78 is 10.2. The Kier molecular flexibility index (Phi) is 4.34. The maximum absolute atomic E-state index is 11.5. The Bertz CT molecular complexity index is 297. The molecule has 1 saturated heterocycles. The number of carbonyl (C=O) groups is 2. The summed E-state index contributed by atoms with van der Waals surface area (Å²) in [7, 11) is 0. The molecule has 1 rings (SSSR count). The second kappa shape index (κ2) is 5.35. The number of alkyl carbamates (subject to hydrolysis) is 1. The van der Waals surface area contributed by atoms with Crippen molar-refractivity contribution in [1.82, 2.24) is 5.32 Å². The first-order chi connectivity index (χ1) is 7.79. The summed E-state index contributed by atoms with van der Waals surface area (Å²) in [5.41, 5.74) is -0.599. The molecule has 1 aliphatic rings. The van der Waals surface area contributed by atoms with Gasteiger partial charge in [0.2, 0.25) is 0 Å². The summed E-state index contributed by atoms with van der Waals surface area (Å²) in [5, 5.41) is 11.5. The SMILES string of the molecule is CC(C)(C)OC(=O)N[C@@H]1COCC[C@H]1C(=O)O. The van der Waals surface area contributed by atoms with Crippen LogP contribution in [-0.4, -0.2) is 42.0 Å². The first-order valence-electron chi connectivity index (χ1n) is 5.59. The third-order valence-corrected chi connectivity index (χ3v) is 2.38. The van der Waals surface area contributed by atoms with Crippen LogP contribution in [0, 0.1) is 5.92 Å². The van der Waals surface area contributed by atoms with Crippen molar-refractivity contribution >= 4 is 12.1 Å². The van der Waals surface area contributed by atoms with E-state index < -0.39 is 29.6 Å². The molecule has 0 bridgehead atoms. The smallest absolute Gasteiger partial charge is 0.407 e. The third-order valence-electron chi connectivity index (χ3n) is 2.38. The lowest BCUT2D eigenvalue weighted by Gasteiger charge is -2.30. The van der Waals surface area contributed by atoms with Gasteiger partial charge in [0.1, 0.15) is 5.60 Å². The number of carbonyl (C=O) groups excluding carboxylic acids is 1. The molecule has 0 aromatic rings. The van der Waals surface area contributed by atoms with E-state index in [0.717, 1.165) is 0 Å². The van der Waals surface area contributed by atoms with E-state index in [0.29, 0.717) is 13.0 Å². The molecule has 6 heteroatoms. The van der Waals surface area contributed by atoms with Crippen LogP contribution >= 0.6 is 0 Å². The minimum absolute atomic E-state index is 0.205. The number of ether oxygens (including phenoxy) is 2. The summed E-state index contributed by atoms with van der Waals surface area (Å²) in [6.07, 6.45) is -0.213. The van der Waals surface area contributed by atoms with Gasteiger partial charge < -0.3 is 19.9 Å². The quantitative estimate of drug-likeness (QED) is 0.758. The number of rotatable bonds is 2. The first-order valence-corrected chi connectivity index (χ1v) is 5.59. The largest absolute Gasteiger partial charge is 0.481 e. The predicted octanol–water partition coefficient (Wildman–Crippen LogP) is 1.00. The van der Waals surface area contributed by atoms with E-state index in [9.17, 15) is 9.59 Å². The standard InChI is InChI=1S/C11H19NO5/c1-11(2,3)17-10(15)12-8-6-16-5-4-7(8)9(13)14/h7-8H,4-6H2,1-3H3,(H,12,15)(H,13,14)/t7-,8-/m1/s1. The van der Waals surface area contributed by atoms with Crippen molar-refractivity contribution in [1.29, 1.82) is 0 Å². The molecule has 0 aliphatic carbocycles. The van der Waals surface area contributed by atoms with E-state index in [1.165, 1.54) is 0 Å². The lowest BCUT2D eigenvalue weighted by Crippen LogP contribution is -2.50. The fraction of sp³-hybridized carbons (Fsp3) is 0.818. The van der Waals surface area contributed by atoms with Crippen LogP contribution in [0.15, 0.2) is 0 Å². The van der Waals surface area contributed by atoms with Gasteiger partial charge >= 0.3 is 12.1 Å². The van der Waals surface area contributed by atoms with Gasteiger partial charge in [-0.1, -0.05) is 0 Å². The molecule has 98 valence electrons. The highest BCUT2D eigenvalue weighted by atomic mass is 16.6. The van der Waals surface area contributed by atoms with E-state index in [2.05, 4.69) is 5.32 Å². The maximum Gasteiger partial charge on any atom is 0.407 e. The molecule has 0 unspecified atom stereocenters. The Balaban J connectivity index is 2.53. The van der Waals surface area contributed by atoms with Crippen molar-refractivity contribution in [2.75, 3.05) is 13.2 Å². The van der Waals surface area contributed by atoms with Crippen molar-refractivity contribution in [2.24, 2.45) is 5.92 Å². The molecule has 1 heterocycles. The highest BCUT2D eigenvalue weighted by Gasteiger charge is 2.33. The van der Waals surface area contributed by atoms with Crippen molar-refractivity contribution in [3.05, 3.63) is 0 Å². The molecule has 0 aromatic carbocycles. The van der Waals surface area contributed by atoms with Gasteiger partial charge in [-0.2, -0.15) is 0 Å². The molecule has 2 N–H and O–H groups in total. The highest BCUT2D eigenvalue weighted by Crippen LogP contribution is 2.16. The van der Waals surface area contributed by atoms with Crippen LogP contribution in [0.3, 0.4) is 0 Å². The fourth-order valence-electron chi connectivity index (χ4n) is 1.63. The lowest BCUT2D eigenvalue weighted by atomic mass is 9.95. The summed E-state index contributed by atoms with van der Waals surface area (Å²) in [6.45, 7) is 5.86. The molecule has 0 spiro atoms. The number of carboxylic acid groups (broad SMARTS) is 1. The summed E-state index contributed by atoms with van der Waals surface area (Å²) in [5.74, 6) is -1.54. The van der Waals surface area contributed by atoms with Crippen LogP contribution in [-0.2, 0) is 14.3 Å². The van der Waals surface area contributed by atoms with Gasteiger partial charge in [-0.15, -0.1) is 0 Å². The number of amides is 1. The minimum Gasteiger partial charge on any atom is -0.481 e. The molecular weight excluding hydrogens is 226 g/mol. The van der Waals surface area contributed by atoms with Crippen molar-refractivity contribution in [3.63, 3.8) is 0 Å². The molecule has 0 aromatic heterocycles. The van der Waals surface area contributed by atoms with Gasteiger partial charge in [-0.25, -0.2) is 4.79 Å². The second-order valence-corrected chi connectivity index (χ2v) is 5.06. The normalized spacial score (nSPS) is 25.1. The van der Waals surface area contributed by atoms with E-state index in [1.54, 1.807) is 20.8 Å². The van der Waals surface area contributed by atoms with E-state index >= 15 is 0 Å². The zero-order valence-corrected chi connectivity index (χ0v) is 10.4. The first kappa shape index (κ1) is 13.8. The van der Waals surface area contributed by atoms with Crippen molar-refractivity contribution in [3.8, 4) is 0 Å². The van der Waals surface area contributed by atoms with Crippen LogP contribution in [0.4, 0.5) is 4.79 Å². The van der Waals surface area contributed by atoms with Crippen LogP contribution < -0.4 is 5.32 Å². The van der Waals surface area contributed by atoms with Gasteiger partial charge in [0.15, 0.2) is 0 Å². The fourth-order valence-corrected chi connectivity index (χ4v) is 1.63.